The van der Waals surface area contributed by atoms with Gasteiger partial charge in [-0.3, -0.25) is 4.98 Å². The lowest BCUT2D eigenvalue weighted by molar-refractivity contribution is 0.621. The summed E-state index contributed by atoms with van der Waals surface area (Å²) in [4.78, 5) is 4.21. The van der Waals surface area contributed by atoms with E-state index < -0.39 is 0 Å². The van der Waals surface area contributed by atoms with Gasteiger partial charge in [0, 0.05) is 17.9 Å². The van der Waals surface area contributed by atoms with Crippen molar-refractivity contribution in [1.82, 2.24) is 4.98 Å². The average Bonchev–Trinajstić information content (AvgIpc) is 2.29. The summed E-state index contributed by atoms with van der Waals surface area (Å²) in [5.41, 5.74) is 8.96. The fraction of sp³-hybridized carbons (Fsp3) is 0.214. The maximum Gasteiger partial charge on any atom is 0.123 e. The van der Waals surface area contributed by atoms with Crippen LogP contribution >= 0.6 is 0 Å². The van der Waals surface area contributed by atoms with E-state index in [0.29, 0.717) is 6.42 Å². The lowest BCUT2D eigenvalue weighted by atomic mass is 9.99. The molecule has 1 atom stereocenters. The first-order chi connectivity index (χ1) is 8.16. The Kier molecular flexibility index (Phi) is 3.49. The van der Waals surface area contributed by atoms with Gasteiger partial charge in [0.15, 0.2) is 0 Å². The first kappa shape index (κ1) is 11.7. The average molecular weight is 230 g/mol. The summed E-state index contributed by atoms with van der Waals surface area (Å²) in [5, 5.41) is 0. The van der Waals surface area contributed by atoms with Gasteiger partial charge in [0.05, 0.1) is 0 Å². The summed E-state index contributed by atoms with van der Waals surface area (Å²) in [5.74, 6) is -0.224. The largest absolute Gasteiger partial charge is 0.324 e. The molecule has 3 heteroatoms. The van der Waals surface area contributed by atoms with Crippen LogP contribution in [-0.4, -0.2) is 4.98 Å². The van der Waals surface area contributed by atoms with Gasteiger partial charge in [-0.05, 0) is 42.7 Å². The summed E-state index contributed by atoms with van der Waals surface area (Å²) in [6.07, 6.45) is 2.36. The van der Waals surface area contributed by atoms with E-state index in [0.717, 1.165) is 16.8 Å². The normalized spacial score (nSPS) is 12.4. The number of aryl methyl sites for hydroxylation is 1. The minimum absolute atomic E-state index is 0.148. The van der Waals surface area contributed by atoms with Crippen LogP contribution in [-0.2, 0) is 6.42 Å². The van der Waals surface area contributed by atoms with Gasteiger partial charge in [-0.2, -0.15) is 0 Å². The van der Waals surface area contributed by atoms with Gasteiger partial charge >= 0.3 is 0 Å². The number of halogens is 1. The second kappa shape index (κ2) is 5.06. The van der Waals surface area contributed by atoms with Crippen molar-refractivity contribution in [2.24, 2.45) is 5.73 Å². The molecule has 0 radical (unpaired) electrons. The van der Waals surface area contributed by atoms with Crippen molar-refractivity contribution in [2.75, 3.05) is 0 Å². The first-order valence-corrected chi connectivity index (χ1v) is 5.58. The minimum atomic E-state index is -0.224. The molecule has 0 fully saturated rings. The highest BCUT2D eigenvalue weighted by molar-refractivity contribution is 5.26. The second-order valence-corrected chi connectivity index (χ2v) is 4.12. The summed E-state index contributed by atoms with van der Waals surface area (Å²) >= 11 is 0. The number of rotatable bonds is 3. The Morgan fingerprint density at radius 1 is 1.29 bits per heavy atom. The molecule has 2 nitrogen and oxygen atoms in total. The van der Waals surface area contributed by atoms with Crippen molar-refractivity contribution in [2.45, 2.75) is 19.4 Å². The van der Waals surface area contributed by atoms with Gasteiger partial charge in [0.2, 0.25) is 0 Å². The number of nitrogens with two attached hydrogens (primary N) is 1. The van der Waals surface area contributed by atoms with E-state index in [9.17, 15) is 4.39 Å². The van der Waals surface area contributed by atoms with Crippen LogP contribution in [0.2, 0.25) is 0 Å². The number of benzene rings is 1. The van der Waals surface area contributed by atoms with E-state index in [1.54, 1.807) is 12.3 Å². The first-order valence-electron chi connectivity index (χ1n) is 5.58. The zero-order valence-electron chi connectivity index (χ0n) is 9.73. The van der Waals surface area contributed by atoms with Crippen molar-refractivity contribution in [3.05, 3.63) is 65.2 Å². The van der Waals surface area contributed by atoms with Crippen molar-refractivity contribution >= 4 is 0 Å². The highest BCUT2D eigenvalue weighted by atomic mass is 19.1. The van der Waals surface area contributed by atoms with Gasteiger partial charge in [-0.15, -0.1) is 0 Å². The summed E-state index contributed by atoms with van der Waals surface area (Å²) in [6.45, 7) is 1.93. The monoisotopic (exact) mass is 230 g/mol. The highest BCUT2D eigenvalue weighted by Crippen LogP contribution is 2.18. The summed E-state index contributed by atoms with van der Waals surface area (Å²) in [7, 11) is 0. The van der Waals surface area contributed by atoms with E-state index in [-0.39, 0.29) is 11.9 Å². The number of aromatic nitrogens is 1. The molecule has 0 saturated carbocycles. The van der Waals surface area contributed by atoms with E-state index in [4.69, 9.17) is 5.73 Å². The third-order valence-electron chi connectivity index (χ3n) is 2.79. The topological polar surface area (TPSA) is 38.9 Å². The molecule has 17 heavy (non-hydrogen) atoms. The van der Waals surface area contributed by atoms with Crippen LogP contribution in [0.4, 0.5) is 4.39 Å². The van der Waals surface area contributed by atoms with Crippen molar-refractivity contribution in [3.8, 4) is 0 Å². The molecule has 0 aliphatic carbocycles. The molecule has 88 valence electrons. The molecular weight excluding hydrogens is 215 g/mol. The third-order valence-corrected chi connectivity index (χ3v) is 2.79. The molecule has 1 heterocycles. The predicted octanol–water partition coefficient (Wildman–Crippen LogP) is 2.77. The van der Waals surface area contributed by atoms with Crippen LogP contribution in [0.5, 0.6) is 0 Å². The van der Waals surface area contributed by atoms with Crippen molar-refractivity contribution < 1.29 is 4.39 Å². The molecule has 2 aromatic rings. The lowest BCUT2D eigenvalue weighted by Gasteiger charge is -2.14. The van der Waals surface area contributed by atoms with Gasteiger partial charge in [0.25, 0.3) is 0 Å². The fourth-order valence-corrected chi connectivity index (χ4v) is 1.92. The highest BCUT2D eigenvalue weighted by Gasteiger charge is 2.10. The fourth-order valence-electron chi connectivity index (χ4n) is 1.92. The Bertz CT molecular complexity index is 511. The zero-order valence-corrected chi connectivity index (χ0v) is 9.73. The quantitative estimate of drug-likeness (QED) is 0.880. The van der Waals surface area contributed by atoms with Crippen LogP contribution in [0.3, 0.4) is 0 Å². The van der Waals surface area contributed by atoms with Crippen LogP contribution in [0.15, 0.2) is 42.6 Å². The van der Waals surface area contributed by atoms with Gasteiger partial charge in [-0.25, -0.2) is 4.39 Å². The number of pyridine rings is 1. The van der Waals surface area contributed by atoms with Crippen LogP contribution in [0, 0.1) is 12.7 Å². The van der Waals surface area contributed by atoms with E-state index >= 15 is 0 Å². The third kappa shape index (κ3) is 2.88. The Labute approximate surface area is 100 Å². The maximum absolute atomic E-state index is 13.0. The number of hydrogen-bond acceptors (Lipinski definition) is 2. The molecule has 1 aromatic heterocycles. The summed E-state index contributed by atoms with van der Waals surface area (Å²) < 4.78 is 13.0. The molecule has 2 rings (SSSR count). The zero-order chi connectivity index (χ0) is 12.3. The molecule has 0 aliphatic heterocycles. The Morgan fingerprint density at radius 2 is 2.12 bits per heavy atom. The Balaban J connectivity index is 2.17. The Morgan fingerprint density at radius 3 is 2.82 bits per heavy atom. The minimum Gasteiger partial charge on any atom is -0.324 e. The molecular formula is C14H15FN2. The van der Waals surface area contributed by atoms with E-state index in [2.05, 4.69) is 4.98 Å². The molecule has 2 N–H and O–H groups in total. The maximum atomic E-state index is 13.0. The molecule has 0 spiro atoms. The van der Waals surface area contributed by atoms with Crippen molar-refractivity contribution in [1.29, 1.82) is 0 Å². The second-order valence-electron chi connectivity index (χ2n) is 4.12. The Hall–Kier alpha value is -1.74. The number of nitrogens with zero attached hydrogens (tertiary/aromatic N) is 1. The van der Waals surface area contributed by atoms with Gasteiger partial charge in [-0.1, -0.05) is 18.2 Å². The molecule has 0 aliphatic rings. The molecule has 0 bridgehead atoms. The molecule has 0 amide bonds. The lowest BCUT2D eigenvalue weighted by Crippen LogP contribution is -2.15. The smallest absolute Gasteiger partial charge is 0.123 e. The number of hydrogen-bond donors (Lipinski definition) is 1. The van der Waals surface area contributed by atoms with Gasteiger partial charge < -0.3 is 5.73 Å². The van der Waals surface area contributed by atoms with E-state index in [1.807, 2.05) is 25.1 Å². The SMILES string of the molecule is Cc1ncccc1C(N)Cc1cccc(F)c1. The van der Waals surface area contributed by atoms with Gasteiger partial charge in [0.1, 0.15) is 5.82 Å². The predicted molar refractivity (Wildman–Crippen MR) is 66.0 cm³/mol. The molecule has 0 saturated heterocycles. The van der Waals surface area contributed by atoms with Crippen molar-refractivity contribution in [3.63, 3.8) is 0 Å². The molecule has 1 aromatic carbocycles. The summed E-state index contributed by atoms with van der Waals surface area (Å²) in [6, 6.07) is 10.2. The van der Waals surface area contributed by atoms with E-state index in [1.165, 1.54) is 12.1 Å². The van der Waals surface area contributed by atoms with Crippen LogP contribution < -0.4 is 5.73 Å². The molecule has 1 unspecified atom stereocenters. The van der Waals surface area contributed by atoms with Crippen LogP contribution in [0.1, 0.15) is 22.9 Å². The standard InChI is InChI=1S/C14H15FN2/c1-10-13(6-3-7-17-10)14(16)9-11-4-2-5-12(15)8-11/h2-8,14H,9,16H2,1H3. The van der Waals surface area contributed by atoms with Crippen LogP contribution in [0.25, 0.3) is 0 Å².